The fourth-order valence-corrected chi connectivity index (χ4v) is 2.69. The van der Waals surface area contributed by atoms with Gasteiger partial charge in [-0.05, 0) is 65.0 Å². The van der Waals surface area contributed by atoms with Crippen molar-refractivity contribution >= 4 is 27.9 Å². The molecule has 0 atom stereocenters. The molecule has 2 rings (SSSR count). The zero-order valence-corrected chi connectivity index (χ0v) is 18.9. The molecule has 0 spiro atoms. The molecule has 158 valence electrons. The largest absolute Gasteiger partial charge is 0.486 e. The van der Waals surface area contributed by atoms with Crippen LogP contribution >= 0.6 is 15.9 Å². The fourth-order valence-electron chi connectivity index (χ4n) is 2.31. The first-order valence-electron chi connectivity index (χ1n) is 9.20. The molecular formula is C21H27BrN2O5. The van der Waals surface area contributed by atoms with Crippen molar-refractivity contribution in [1.29, 1.82) is 0 Å². The van der Waals surface area contributed by atoms with E-state index in [1.54, 1.807) is 46.8 Å². The maximum atomic E-state index is 12.5. The van der Waals surface area contributed by atoms with Crippen molar-refractivity contribution in [1.82, 2.24) is 10.6 Å². The van der Waals surface area contributed by atoms with Crippen molar-refractivity contribution < 1.29 is 23.5 Å². The molecule has 0 aliphatic carbocycles. The van der Waals surface area contributed by atoms with Gasteiger partial charge in [-0.3, -0.25) is 4.79 Å². The highest BCUT2D eigenvalue weighted by Gasteiger charge is 2.25. The van der Waals surface area contributed by atoms with Crippen LogP contribution in [0.2, 0.25) is 0 Å². The van der Waals surface area contributed by atoms with Crippen LogP contribution in [0.15, 0.2) is 45.3 Å². The zero-order valence-electron chi connectivity index (χ0n) is 17.3. The number of ether oxygens (including phenoxy) is 2. The number of carbonyl (C=O) groups is 2. The Labute approximate surface area is 179 Å². The number of rotatable bonds is 7. The SMILES string of the molecule is CC(C)(CNC(=O)OC(C)(C)C)NC(=O)c1ccc(COc2cccc(Br)c2)o1. The average Bonchev–Trinajstić information content (AvgIpc) is 3.06. The molecule has 0 fully saturated rings. The summed E-state index contributed by atoms with van der Waals surface area (Å²) in [6, 6.07) is 10.7. The Morgan fingerprint density at radius 2 is 1.83 bits per heavy atom. The minimum atomic E-state index is -0.701. The molecule has 0 radical (unpaired) electrons. The number of nitrogens with one attached hydrogen (secondary N) is 2. The lowest BCUT2D eigenvalue weighted by Gasteiger charge is -2.27. The third kappa shape index (κ3) is 8.19. The van der Waals surface area contributed by atoms with E-state index < -0.39 is 17.2 Å². The van der Waals surface area contributed by atoms with Crippen LogP contribution < -0.4 is 15.4 Å². The number of halogens is 1. The smallest absolute Gasteiger partial charge is 0.407 e. The maximum Gasteiger partial charge on any atom is 0.407 e. The minimum Gasteiger partial charge on any atom is -0.486 e. The van der Waals surface area contributed by atoms with E-state index in [4.69, 9.17) is 13.9 Å². The summed E-state index contributed by atoms with van der Waals surface area (Å²) in [5, 5.41) is 5.49. The van der Waals surface area contributed by atoms with E-state index in [1.165, 1.54) is 0 Å². The lowest BCUT2D eigenvalue weighted by Crippen LogP contribution is -2.52. The number of furan rings is 1. The van der Waals surface area contributed by atoms with Gasteiger partial charge in [0.1, 0.15) is 23.7 Å². The van der Waals surface area contributed by atoms with Gasteiger partial charge in [-0.15, -0.1) is 0 Å². The summed E-state index contributed by atoms with van der Waals surface area (Å²) in [5.41, 5.74) is -1.28. The van der Waals surface area contributed by atoms with E-state index in [0.29, 0.717) is 11.5 Å². The second-order valence-electron chi connectivity index (χ2n) is 8.21. The molecule has 0 saturated heterocycles. The maximum absolute atomic E-state index is 12.5. The Morgan fingerprint density at radius 1 is 1.10 bits per heavy atom. The molecule has 0 bridgehead atoms. The molecule has 1 aromatic carbocycles. The highest BCUT2D eigenvalue weighted by molar-refractivity contribution is 9.10. The number of carbonyl (C=O) groups excluding carboxylic acids is 2. The van der Waals surface area contributed by atoms with Crippen molar-refractivity contribution in [2.75, 3.05) is 6.54 Å². The Hall–Kier alpha value is -2.48. The summed E-state index contributed by atoms with van der Waals surface area (Å²) >= 11 is 3.38. The molecule has 7 nitrogen and oxygen atoms in total. The monoisotopic (exact) mass is 466 g/mol. The van der Waals surface area contributed by atoms with Gasteiger partial charge in [0.15, 0.2) is 5.76 Å². The second-order valence-corrected chi connectivity index (χ2v) is 9.12. The van der Waals surface area contributed by atoms with Gasteiger partial charge in [-0.1, -0.05) is 22.0 Å². The van der Waals surface area contributed by atoms with Crippen LogP contribution in [0.4, 0.5) is 4.79 Å². The van der Waals surface area contributed by atoms with E-state index in [1.807, 2.05) is 24.3 Å². The normalized spacial score (nSPS) is 11.7. The van der Waals surface area contributed by atoms with E-state index in [9.17, 15) is 9.59 Å². The van der Waals surface area contributed by atoms with Gasteiger partial charge in [0.25, 0.3) is 5.91 Å². The molecular weight excluding hydrogens is 440 g/mol. The highest BCUT2D eigenvalue weighted by Crippen LogP contribution is 2.19. The summed E-state index contributed by atoms with van der Waals surface area (Å²) in [6.45, 7) is 9.35. The van der Waals surface area contributed by atoms with E-state index >= 15 is 0 Å². The predicted molar refractivity (Wildman–Crippen MR) is 113 cm³/mol. The van der Waals surface area contributed by atoms with Crippen LogP contribution in [0.1, 0.15) is 50.9 Å². The van der Waals surface area contributed by atoms with Crippen molar-refractivity contribution in [3.63, 3.8) is 0 Å². The number of hydrogen-bond donors (Lipinski definition) is 2. The van der Waals surface area contributed by atoms with Gasteiger partial charge >= 0.3 is 6.09 Å². The number of benzene rings is 1. The van der Waals surface area contributed by atoms with Crippen LogP contribution in [0.3, 0.4) is 0 Å². The molecule has 29 heavy (non-hydrogen) atoms. The van der Waals surface area contributed by atoms with E-state index in [-0.39, 0.29) is 24.8 Å². The van der Waals surface area contributed by atoms with Crippen molar-refractivity contribution in [2.45, 2.75) is 52.4 Å². The van der Waals surface area contributed by atoms with Crippen LogP contribution in [0.25, 0.3) is 0 Å². The Morgan fingerprint density at radius 3 is 2.48 bits per heavy atom. The third-order valence-corrected chi connectivity index (χ3v) is 4.08. The molecule has 1 heterocycles. The van der Waals surface area contributed by atoms with Crippen molar-refractivity contribution in [3.8, 4) is 5.75 Å². The van der Waals surface area contributed by atoms with Gasteiger partial charge in [0.05, 0.1) is 5.54 Å². The van der Waals surface area contributed by atoms with Crippen LogP contribution in [0, 0.1) is 0 Å². The molecule has 1 aromatic heterocycles. The van der Waals surface area contributed by atoms with Crippen molar-refractivity contribution in [2.24, 2.45) is 0 Å². The number of alkyl carbamates (subject to hydrolysis) is 1. The molecule has 8 heteroatoms. The lowest BCUT2D eigenvalue weighted by atomic mass is 10.1. The summed E-state index contributed by atoms with van der Waals surface area (Å²) in [5.74, 6) is 1.01. The molecule has 0 unspecified atom stereocenters. The Bertz CT molecular complexity index is 855. The summed E-state index contributed by atoms with van der Waals surface area (Å²) in [4.78, 5) is 24.3. The van der Waals surface area contributed by atoms with Crippen LogP contribution in [-0.4, -0.2) is 29.7 Å². The van der Waals surface area contributed by atoms with Gasteiger partial charge in [-0.2, -0.15) is 0 Å². The topological polar surface area (TPSA) is 89.8 Å². The summed E-state index contributed by atoms with van der Waals surface area (Å²) < 4.78 is 17.3. The standard InChI is InChI=1S/C21H27BrN2O5/c1-20(2,3)29-19(26)23-13-21(4,5)24-18(25)17-10-9-16(28-17)12-27-15-8-6-7-14(22)11-15/h6-11H,12-13H2,1-5H3,(H,23,26)(H,24,25). The first-order chi connectivity index (χ1) is 13.4. The van der Waals surface area contributed by atoms with Crippen molar-refractivity contribution in [3.05, 3.63) is 52.4 Å². The number of amides is 2. The predicted octanol–water partition coefficient (Wildman–Crippen LogP) is 4.65. The minimum absolute atomic E-state index is 0.170. The molecule has 0 aliphatic rings. The van der Waals surface area contributed by atoms with Gasteiger partial charge in [0.2, 0.25) is 0 Å². The first kappa shape index (κ1) is 22.8. The molecule has 0 saturated carbocycles. The highest BCUT2D eigenvalue weighted by atomic mass is 79.9. The van der Waals surface area contributed by atoms with Gasteiger partial charge in [-0.25, -0.2) is 4.79 Å². The quantitative estimate of drug-likeness (QED) is 0.619. The van der Waals surface area contributed by atoms with Gasteiger partial charge in [0, 0.05) is 11.0 Å². The Kier molecular flexibility index (Phi) is 7.35. The Balaban J connectivity index is 1.86. The summed E-state index contributed by atoms with van der Waals surface area (Å²) in [6.07, 6.45) is -0.537. The zero-order chi connectivity index (χ0) is 21.7. The molecule has 2 N–H and O–H groups in total. The second kappa shape index (κ2) is 9.35. The van der Waals surface area contributed by atoms with Gasteiger partial charge < -0.3 is 24.5 Å². The summed E-state index contributed by atoms with van der Waals surface area (Å²) in [7, 11) is 0. The average molecular weight is 467 g/mol. The third-order valence-electron chi connectivity index (χ3n) is 3.59. The molecule has 0 aliphatic heterocycles. The fraction of sp³-hybridized carbons (Fsp3) is 0.429. The first-order valence-corrected chi connectivity index (χ1v) is 9.99. The van der Waals surface area contributed by atoms with E-state index in [0.717, 1.165) is 4.47 Å². The molecule has 2 amide bonds. The van der Waals surface area contributed by atoms with Crippen LogP contribution in [0.5, 0.6) is 5.75 Å². The lowest BCUT2D eigenvalue weighted by molar-refractivity contribution is 0.0509. The molecule has 2 aromatic rings. The number of hydrogen-bond acceptors (Lipinski definition) is 5. The van der Waals surface area contributed by atoms with E-state index in [2.05, 4.69) is 26.6 Å². The van der Waals surface area contributed by atoms with Crippen LogP contribution in [-0.2, 0) is 11.3 Å².